The summed E-state index contributed by atoms with van der Waals surface area (Å²) >= 11 is 0. The van der Waals surface area contributed by atoms with Gasteiger partial charge < -0.3 is 19.5 Å². The molecule has 220 valence electrons. The quantitative estimate of drug-likeness (QED) is 0.430. The third-order valence-electron chi connectivity index (χ3n) is 7.83. The summed E-state index contributed by atoms with van der Waals surface area (Å²) in [6.07, 6.45) is -2.01. The molecule has 0 saturated carbocycles. The lowest BCUT2D eigenvalue weighted by Gasteiger charge is -2.37. The van der Waals surface area contributed by atoms with Crippen molar-refractivity contribution in [2.75, 3.05) is 26.4 Å². The number of fused-ring (bicyclic) bond motifs is 1. The summed E-state index contributed by atoms with van der Waals surface area (Å²) in [7, 11) is 0. The largest absolute Gasteiger partial charge is 0.454 e. The monoisotopic (exact) mass is 582 g/mol. The molecule has 1 aromatic heterocycles. The topological polar surface area (TPSA) is 93.2 Å². The first kappa shape index (κ1) is 27.8. The Morgan fingerprint density at radius 1 is 0.952 bits per heavy atom. The van der Waals surface area contributed by atoms with Gasteiger partial charge in [-0.25, -0.2) is 4.79 Å². The molecule has 3 aliphatic rings. The Morgan fingerprint density at radius 3 is 2.40 bits per heavy atom. The molecule has 12 heteroatoms. The maximum Gasteiger partial charge on any atom is 0.416 e. The average Bonchev–Trinajstić information content (AvgIpc) is 3.57. The molecule has 3 aromatic rings. The van der Waals surface area contributed by atoms with E-state index in [0.717, 1.165) is 23.3 Å². The number of pyridine rings is 1. The van der Waals surface area contributed by atoms with Gasteiger partial charge in [-0.1, -0.05) is 18.2 Å². The predicted octanol–water partition coefficient (Wildman–Crippen LogP) is 4.75. The number of ether oxygens (including phenoxy) is 3. The molecular formula is C30H29F3N4O5. The number of carbonyl (C=O) groups excluding carboxylic acids is 2. The van der Waals surface area contributed by atoms with Crippen LogP contribution in [0.15, 0.2) is 60.8 Å². The lowest BCUT2D eigenvalue weighted by atomic mass is 9.91. The molecule has 2 fully saturated rings. The SMILES string of the molecule is O=C(NCc1ccc2c(c1)OCO2)c1ccc(CN2CC3(CCN(Cc4ccc(C(F)(F)F)cc4)CC3)OC2=O)nc1. The predicted molar refractivity (Wildman–Crippen MR) is 144 cm³/mol. The number of aromatic nitrogens is 1. The van der Waals surface area contributed by atoms with E-state index in [4.69, 9.17) is 14.2 Å². The van der Waals surface area contributed by atoms with Crippen LogP contribution in [0.1, 0.15) is 45.6 Å². The van der Waals surface area contributed by atoms with Crippen molar-refractivity contribution in [2.24, 2.45) is 0 Å². The van der Waals surface area contributed by atoms with Crippen LogP contribution in [-0.4, -0.2) is 58.8 Å². The van der Waals surface area contributed by atoms with Gasteiger partial charge in [-0.05, 0) is 47.5 Å². The zero-order valence-corrected chi connectivity index (χ0v) is 22.7. The summed E-state index contributed by atoms with van der Waals surface area (Å²) < 4.78 is 55.0. The van der Waals surface area contributed by atoms with E-state index in [-0.39, 0.29) is 19.2 Å². The zero-order chi connectivity index (χ0) is 29.3. The van der Waals surface area contributed by atoms with Gasteiger partial charge in [0.1, 0.15) is 5.60 Å². The molecule has 2 saturated heterocycles. The maximum atomic E-state index is 12.8. The van der Waals surface area contributed by atoms with Crippen molar-refractivity contribution < 1.29 is 37.0 Å². The van der Waals surface area contributed by atoms with Crippen molar-refractivity contribution in [2.45, 2.75) is 44.3 Å². The number of piperidine rings is 1. The summed E-state index contributed by atoms with van der Waals surface area (Å²) in [6, 6.07) is 14.1. The minimum absolute atomic E-state index is 0.187. The fourth-order valence-electron chi connectivity index (χ4n) is 5.43. The standard InChI is InChI=1S/C30H29F3N4O5/c31-30(32,33)23-5-1-20(2-6-23)16-36-11-9-29(10-12-36)18-37(28(39)42-29)17-24-7-4-22(15-34-24)27(38)35-14-21-3-8-25-26(13-21)41-19-40-25/h1-8,13,15H,9-12,14,16-19H2,(H,35,38). The third kappa shape index (κ3) is 6.13. The van der Waals surface area contributed by atoms with Crippen LogP contribution in [0.25, 0.3) is 0 Å². The number of alkyl halides is 3. The molecule has 42 heavy (non-hydrogen) atoms. The normalized spacial score (nSPS) is 17.9. The van der Waals surface area contributed by atoms with E-state index in [1.807, 2.05) is 12.1 Å². The highest BCUT2D eigenvalue weighted by molar-refractivity contribution is 5.93. The van der Waals surface area contributed by atoms with Crippen molar-refractivity contribution in [3.05, 3.63) is 88.7 Å². The maximum absolute atomic E-state index is 12.8. The van der Waals surface area contributed by atoms with Crippen molar-refractivity contribution in [1.82, 2.24) is 20.1 Å². The van der Waals surface area contributed by atoms with E-state index in [2.05, 4.69) is 15.2 Å². The molecule has 4 heterocycles. The minimum Gasteiger partial charge on any atom is -0.454 e. The lowest BCUT2D eigenvalue weighted by molar-refractivity contribution is -0.137. The van der Waals surface area contributed by atoms with Crippen LogP contribution in [-0.2, 0) is 30.5 Å². The van der Waals surface area contributed by atoms with E-state index < -0.39 is 23.4 Å². The van der Waals surface area contributed by atoms with Crippen LogP contribution in [0.5, 0.6) is 11.5 Å². The van der Waals surface area contributed by atoms with Crippen molar-refractivity contribution in [1.29, 1.82) is 0 Å². The van der Waals surface area contributed by atoms with Gasteiger partial charge in [0.15, 0.2) is 11.5 Å². The number of likely N-dealkylation sites (tertiary alicyclic amines) is 1. The summed E-state index contributed by atoms with van der Waals surface area (Å²) in [6.45, 7) is 3.06. The van der Waals surface area contributed by atoms with E-state index in [9.17, 15) is 22.8 Å². The molecule has 1 spiro atoms. The van der Waals surface area contributed by atoms with Gasteiger partial charge in [0.05, 0.1) is 29.9 Å². The Hall–Kier alpha value is -4.32. The van der Waals surface area contributed by atoms with Gasteiger partial charge >= 0.3 is 12.3 Å². The van der Waals surface area contributed by atoms with Crippen molar-refractivity contribution in [3.8, 4) is 11.5 Å². The van der Waals surface area contributed by atoms with Crippen LogP contribution in [0.3, 0.4) is 0 Å². The fraction of sp³-hybridized carbons (Fsp3) is 0.367. The molecule has 2 amide bonds. The zero-order valence-electron chi connectivity index (χ0n) is 22.7. The molecular weight excluding hydrogens is 553 g/mol. The van der Waals surface area contributed by atoms with Crippen LogP contribution >= 0.6 is 0 Å². The minimum atomic E-state index is -4.35. The van der Waals surface area contributed by atoms with E-state index in [1.54, 1.807) is 23.1 Å². The van der Waals surface area contributed by atoms with E-state index in [1.165, 1.54) is 18.3 Å². The first-order valence-corrected chi connectivity index (χ1v) is 13.6. The number of benzene rings is 2. The molecule has 9 nitrogen and oxygen atoms in total. The highest BCUT2D eigenvalue weighted by Gasteiger charge is 2.47. The Morgan fingerprint density at radius 2 is 1.69 bits per heavy atom. The first-order valence-electron chi connectivity index (χ1n) is 13.6. The van der Waals surface area contributed by atoms with E-state index >= 15 is 0 Å². The number of rotatable bonds is 7. The average molecular weight is 583 g/mol. The number of hydrogen-bond donors (Lipinski definition) is 1. The Labute approximate surface area is 240 Å². The molecule has 2 aromatic carbocycles. The highest BCUT2D eigenvalue weighted by Crippen LogP contribution is 2.35. The number of carbonyl (C=O) groups is 2. The highest BCUT2D eigenvalue weighted by atomic mass is 19.4. The van der Waals surface area contributed by atoms with Gasteiger partial charge in [0, 0.05) is 45.2 Å². The van der Waals surface area contributed by atoms with Gasteiger partial charge in [-0.3, -0.25) is 19.6 Å². The Bertz CT molecular complexity index is 1460. The smallest absolute Gasteiger partial charge is 0.416 e. The lowest BCUT2D eigenvalue weighted by Crippen LogP contribution is -2.46. The molecule has 1 N–H and O–H groups in total. The van der Waals surface area contributed by atoms with Crippen molar-refractivity contribution in [3.63, 3.8) is 0 Å². The molecule has 3 aliphatic heterocycles. The number of amides is 2. The van der Waals surface area contributed by atoms with Crippen LogP contribution in [0.4, 0.5) is 18.0 Å². The summed E-state index contributed by atoms with van der Waals surface area (Å²) in [5.74, 6) is 1.06. The second kappa shape index (κ2) is 11.2. The van der Waals surface area contributed by atoms with Crippen LogP contribution in [0, 0.1) is 0 Å². The number of nitrogens with one attached hydrogen (secondary N) is 1. The Balaban J connectivity index is 0.977. The number of halogens is 3. The first-order chi connectivity index (χ1) is 20.2. The number of nitrogens with zero attached hydrogens (tertiary/aromatic N) is 3. The second-order valence-electron chi connectivity index (χ2n) is 10.8. The molecule has 0 atom stereocenters. The van der Waals surface area contributed by atoms with Gasteiger partial charge in [0.2, 0.25) is 6.79 Å². The van der Waals surface area contributed by atoms with Gasteiger partial charge in [-0.2, -0.15) is 13.2 Å². The Kier molecular flexibility index (Phi) is 7.40. The van der Waals surface area contributed by atoms with Crippen LogP contribution in [0.2, 0.25) is 0 Å². The molecule has 0 aliphatic carbocycles. The number of hydrogen-bond acceptors (Lipinski definition) is 7. The molecule has 0 radical (unpaired) electrons. The summed E-state index contributed by atoms with van der Waals surface area (Å²) in [5.41, 5.74) is 1.47. The second-order valence-corrected chi connectivity index (χ2v) is 10.8. The molecule has 6 rings (SSSR count). The van der Waals surface area contributed by atoms with Gasteiger partial charge in [0.25, 0.3) is 5.91 Å². The molecule has 0 unspecified atom stereocenters. The third-order valence-corrected chi connectivity index (χ3v) is 7.83. The van der Waals surface area contributed by atoms with Gasteiger partial charge in [-0.15, -0.1) is 0 Å². The summed E-state index contributed by atoms with van der Waals surface area (Å²) in [5, 5.41) is 2.86. The van der Waals surface area contributed by atoms with Crippen LogP contribution < -0.4 is 14.8 Å². The molecule has 0 bridgehead atoms. The summed E-state index contributed by atoms with van der Waals surface area (Å²) in [4.78, 5) is 33.5. The fourth-order valence-corrected chi connectivity index (χ4v) is 5.43. The van der Waals surface area contributed by atoms with Crippen molar-refractivity contribution >= 4 is 12.0 Å². The van der Waals surface area contributed by atoms with E-state index in [0.29, 0.717) is 68.3 Å².